The van der Waals surface area contributed by atoms with Gasteiger partial charge in [-0.15, -0.1) is 0 Å². The molecule has 1 rings (SSSR count). The SMILES string of the molecule is COc1ccc([C](C)(C)[BiH2])cc1. The molecule has 0 amide bonds. The molecule has 0 saturated heterocycles. The maximum atomic E-state index is 5.10. The second-order valence-electron chi connectivity index (χ2n) is 3.45. The Kier molecular flexibility index (Phi) is 3.11. The van der Waals surface area contributed by atoms with Gasteiger partial charge in [0.1, 0.15) is 0 Å². The second-order valence-corrected chi connectivity index (χ2v) is 9.06. The molecule has 0 saturated carbocycles. The van der Waals surface area contributed by atoms with Gasteiger partial charge >= 0.3 is 89.1 Å². The summed E-state index contributed by atoms with van der Waals surface area (Å²) >= 11 is 0.968. The van der Waals surface area contributed by atoms with E-state index in [4.69, 9.17) is 4.74 Å². The van der Waals surface area contributed by atoms with Crippen molar-refractivity contribution in [2.24, 2.45) is 0 Å². The van der Waals surface area contributed by atoms with E-state index in [1.807, 2.05) is 12.1 Å². The van der Waals surface area contributed by atoms with Crippen molar-refractivity contribution in [3.05, 3.63) is 29.8 Å². The van der Waals surface area contributed by atoms with Crippen LogP contribution in [0.3, 0.4) is 0 Å². The first-order valence-electron chi connectivity index (χ1n) is 3.97. The van der Waals surface area contributed by atoms with Gasteiger partial charge in [-0.1, -0.05) is 0 Å². The molecule has 2 heteroatoms. The predicted octanol–water partition coefficient (Wildman–Crippen LogP) is 1.56. The van der Waals surface area contributed by atoms with Crippen LogP contribution in [0.2, 0.25) is 0 Å². The summed E-state index contributed by atoms with van der Waals surface area (Å²) in [4.78, 5) is 0. The van der Waals surface area contributed by atoms with Crippen LogP contribution in [-0.2, 0) is 3.12 Å². The molecule has 0 atom stereocenters. The summed E-state index contributed by atoms with van der Waals surface area (Å²) in [5.41, 5.74) is 1.41. The third-order valence-electron chi connectivity index (χ3n) is 1.83. The number of hydrogen-bond acceptors (Lipinski definition) is 1. The quantitative estimate of drug-likeness (QED) is 0.728. The number of methoxy groups -OCH3 is 1. The first-order valence-corrected chi connectivity index (χ1v) is 6.22. The van der Waals surface area contributed by atoms with Crippen LogP contribution in [0.25, 0.3) is 0 Å². The molecular formula is C10H15BiO. The average molecular weight is 360 g/mol. The van der Waals surface area contributed by atoms with Gasteiger partial charge in [-0.3, -0.25) is 0 Å². The zero-order chi connectivity index (χ0) is 9.19. The summed E-state index contributed by atoms with van der Waals surface area (Å²) in [6.45, 7) is 4.55. The van der Waals surface area contributed by atoms with E-state index in [-0.39, 0.29) is 0 Å². The van der Waals surface area contributed by atoms with Gasteiger partial charge in [-0.2, -0.15) is 0 Å². The van der Waals surface area contributed by atoms with Crippen molar-refractivity contribution in [2.75, 3.05) is 7.11 Å². The molecule has 0 heterocycles. The van der Waals surface area contributed by atoms with E-state index in [0.717, 1.165) is 30.5 Å². The zero-order valence-corrected chi connectivity index (χ0v) is 12.3. The third kappa shape index (κ3) is 2.45. The predicted molar refractivity (Wildman–Crippen MR) is 54.6 cm³/mol. The molecule has 0 aromatic heterocycles. The molecule has 0 radical (unpaired) electrons. The molecule has 0 N–H and O–H groups in total. The molecule has 1 aromatic rings. The van der Waals surface area contributed by atoms with Crippen LogP contribution in [-0.4, -0.2) is 31.8 Å². The van der Waals surface area contributed by atoms with Gasteiger partial charge in [0.25, 0.3) is 0 Å². The van der Waals surface area contributed by atoms with Crippen LogP contribution >= 0.6 is 0 Å². The van der Waals surface area contributed by atoms with E-state index in [0.29, 0.717) is 3.12 Å². The van der Waals surface area contributed by atoms with Gasteiger partial charge < -0.3 is 0 Å². The monoisotopic (exact) mass is 360 g/mol. The van der Waals surface area contributed by atoms with Crippen molar-refractivity contribution >= 4 is 24.7 Å². The summed E-state index contributed by atoms with van der Waals surface area (Å²) in [5, 5.41) is 0. The van der Waals surface area contributed by atoms with E-state index >= 15 is 0 Å². The number of rotatable bonds is 2. The first-order chi connectivity index (χ1) is 5.54. The Morgan fingerprint density at radius 3 is 2.00 bits per heavy atom. The number of ether oxygens (including phenoxy) is 1. The molecular weight excluding hydrogens is 345 g/mol. The van der Waals surface area contributed by atoms with Crippen molar-refractivity contribution in [2.45, 2.75) is 17.0 Å². The van der Waals surface area contributed by atoms with Crippen LogP contribution in [0.15, 0.2) is 24.3 Å². The standard InChI is InChI=1S/C10H13O.Bi.2H/c1-8(2)9-4-6-10(11-3)7-5-9;;;/h4-7H,1-3H3;;;. The summed E-state index contributed by atoms with van der Waals surface area (Å²) in [6.07, 6.45) is 0. The second kappa shape index (κ2) is 3.74. The van der Waals surface area contributed by atoms with Gasteiger partial charge in [0.2, 0.25) is 0 Å². The minimum atomic E-state index is 0.395. The van der Waals surface area contributed by atoms with Gasteiger partial charge in [0, 0.05) is 0 Å². The Hall–Kier alpha value is -0.0969. The van der Waals surface area contributed by atoms with Gasteiger partial charge in [0.05, 0.1) is 0 Å². The molecule has 0 unspecified atom stereocenters. The van der Waals surface area contributed by atoms with E-state index < -0.39 is 0 Å². The molecule has 1 nitrogen and oxygen atoms in total. The molecule has 0 fully saturated rings. The minimum absolute atomic E-state index is 0.395. The zero-order valence-electron chi connectivity index (χ0n) is 7.79. The molecule has 0 bridgehead atoms. The van der Waals surface area contributed by atoms with Crippen LogP contribution in [0.1, 0.15) is 19.4 Å². The molecule has 0 aliphatic carbocycles. The van der Waals surface area contributed by atoms with Crippen molar-refractivity contribution in [1.82, 2.24) is 0 Å². The topological polar surface area (TPSA) is 9.23 Å². The molecule has 0 aliphatic rings. The van der Waals surface area contributed by atoms with Crippen LogP contribution in [0.5, 0.6) is 5.75 Å². The molecule has 1 aromatic carbocycles. The van der Waals surface area contributed by atoms with E-state index in [9.17, 15) is 0 Å². The van der Waals surface area contributed by atoms with Crippen LogP contribution in [0, 0.1) is 0 Å². The Morgan fingerprint density at radius 1 is 1.17 bits per heavy atom. The first kappa shape index (κ1) is 9.99. The van der Waals surface area contributed by atoms with E-state index in [1.165, 1.54) is 5.56 Å². The van der Waals surface area contributed by atoms with E-state index in [1.54, 1.807) is 7.11 Å². The Bertz CT molecular complexity index is 246. The normalized spacial score (nSPS) is 11.3. The van der Waals surface area contributed by atoms with Crippen LogP contribution < -0.4 is 4.74 Å². The molecule has 0 spiro atoms. The maximum absolute atomic E-state index is 5.10. The van der Waals surface area contributed by atoms with Gasteiger partial charge in [-0.05, 0) is 0 Å². The van der Waals surface area contributed by atoms with Crippen molar-refractivity contribution in [3.63, 3.8) is 0 Å². The molecule has 12 heavy (non-hydrogen) atoms. The molecule has 0 aliphatic heterocycles. The summed E-state index contributed by atoms with van der Waals surface area (Å²) < 4.78 is 5.49. The fourth-order valence-electron chi connectivity index (χ4n) is 1.02. The third-order valence-corrected chi connectivity index (χ3v) is 3.13. The van der Waals surface area contributed by atoms with Crippen molar-refractivity contribution in [3.8, 4) is 5.75 Å². The Balaban J connectivity index is 2.93. The Labute approximate surface area is 89.0 Å². The summed E-state index contributed by atoms with van der Waals surface area (Å²) in [7, 11) is 1.70. The molecule has 66 valence electrons. The van der Waals surface area contributed by atoms with Crippen LogP contribution in [0.4, 0.5) is 0 Å². The van der Waals surface area contributed by atoms with Crippen molar-refractivity contribution < 1.29 is 4.74 Å². The van der Waals surface area contributed by atoms with Crippen molar-refractivity contribution in [1.29, 1.82) is 0 Å². The van der Waals surface area contributed by atoms with Gasteiger partial charge in [-0.25, -0.2) is 0 Å². The summed E-state index contributed by atoms with van der Waals surface area (Å²) in [5.74, 6) is 0.938. The Morgan fingerprint density at radius 2 is 1.67 bits per heavy atom. The fourth-order valence-corrected chi connectivity index (χ4v) is 1.77. The number of hydrogen-bond donors (Lipinski definition) is 0. The number of benzene rings is 1. The van der Waals surface area contributed by atoms with E-state index in [2.05, 4.69) is 26.0 Å². The fraction of sp³-hybridized carbons (Fsp3) is 0.400. The average Bonchev–Trinajstić information content (AvgIpc) is 2.03. The summed E-state index contributed by atoms with van der Waals surface area (Å²) in [6, 6.07) is 8.36. The van der Waals surface area contributed by atoms with Gasteiger partial charge in [0.15, 0.2) is 0 Å².